The van der Waals surface area contributed by atoms with Crippen molar-refractivity contribution in [1.29, 1.82) is 0 Å². The molecule has 0 unspecified atom stereocenters. The molecule has 11 nitrogen and oxygen atoms in total. The van der Waals surface area contributed by atoms with E-state index in [-0.39, 0.29) is 26.9 Å². The van der Waals surface area contributed by atoms with E-state index in [2.05, 4.69) is 5.10 Å². The van der Waals surface area contributed by atoms with Gasteiger partial charge in [-0.05, 0) is 35.9 Å². The average molecular weight is 606 g/mol. The maximum Gasteiger partial charge on any atom is 0.335 e. The Morgan fingerprint density at radius 3 is 2.40 bits per heavy atom. The second-order valence-electron chi connectivity index (χ2n) is 8.63. The van der Waals surface area contributed by atoms with Crippen molar-refractivity contribution in [3.05, 3.63) is 69.7 Å². The lowest BCUT2D eigenvalue weighted by atomic mass is 9.99. The summed E-state index contributed by atoms with van der Waals surface area (Å²) in [5, 5.41) is 44.2. The Labute approximate surface area is 233 Å². The number of aromatic nitrogens is 2. The van der Waals surface area contributed by atoms with E-state index in [1.807, 2.05) is 0 Å². The van der Waals surface area contributed by atoms with Crippen LogP contribution in [0.4, 0.5) is 18.9 Å². The number of anilines is 1. The molecule has 1 fully saturated rings. The average Bonchev–Trinajstić information content (AvgIpc) is 3.30. The third kappa shape index (κ3) is 5.78. The zero-order chi connectivity index (χ0) is 29.5. The van der Waals surface area contributed by atoms with E-state index >= 15 is 0 Å². The van der Waals surface area contributed by atoms with Crippen LogP contribution in [0.25, 0.3) is 11.1 Å². The molecule has 4 N–H and O–H groups in total. The van der Waals surface area contributed by atoms with Gasteiger partial charge in [0.2, 0.25) is 6.29 Å². The molecule has 2 heterocycles. The van der Waals surface area contributed by atoms with Gasteiger partial charge in [-0.15, -0.1) is 0 Å². The fraction of sp³-hybridized carbons (Fsp3) is 0.292. The van der Waals surface area contributed by atoms with Crippen molar-refractivity contribution in [3.8, 4) is 11.1 Å². The van der Waals surface area contributed by atoms with Crippen molar-refractivity contribution in [2.75, 3.05) is 5.06 Å². The van der Waals surface area contributed by atoms with Crippen molar-refractivity contribution in [3.63, 3.8) is 0 Å². The summed E-state index contributed by atoms with van der Waals surface area (Å²) in [5.74, 6) is -3.83. The molecule has 3 aromatic rings. The molecule has 214 valence electrons. The summed E-state index contributed by atoms with van der Waals surface area (Å²) in [6, 6.07) is 7.03. The predicted molar refractivity (Wildman–Crippen MR) is 132 cm³/mol. The number of rotatable bonds is 7. The lowest BCUT2D eigenvalue weighted by Crippen LogP contribution is -2.61. The summed E-state index contributed by atoms with van der Waals surface area (Å²) in [5.41, 5.74) is -1.78. The first kappa shape index (κ1) is 29.7. The topological polar surface area (TPSA) is 155 Å². The van der Waals surface area contributed by atoms with Gasteiger partial charge in [0.15, 0.2) is 6.10 Å². The van der Waals surface area contributed by atoms with Gasteiger partial charge in [0.1, 0.15) is 29.8 Å². The van der Waals surface area contributed by atoms with Crippen LogP contribution in [0.1, 0.15) is 22.5 Å². The second kappa shape index (κ2) is 11.7. The summed E-state index contributed by atoms with van der Waals surface area (Å²) in [4.78, 5) is 30.8. The smallest absolute Gasteiger partial charge is 0.335 e. The van der Waals surface area contributed by atoms with Crippen LogP contribution >= 0.6 is 23.2 Å². The number of hydrogen-bond acceptors (Lipinski definition) is 8. The van der Waals surface area contributed by atoms with Crippen LogP contribution in [0.5, 0.6) is 0 Å². The highest BCUT2D eigenvalue weighted by atomic mass is 35.5. The van der Waals surface area contributed by atoms with E-state index in [0.717, 1.165) is 29.1 Å². The Kier molecular flexibility index (Phi) is 8.70. The number of aryl methyl sites for hydroxylation is 1. The standard InChI is InChI=1S/C24H20Cl2F3N3O8/c1-31-8-12(16(30-31)21(28)29)22(36)32(40-24-19(35)17(33)18(34)20(39-24)23(37)38)15-5-3-10(27)7-11(15)9-2-4-13(25)14(26)6-9/h2-8,17-21,24,33-35H,1H3,(H,37,38)/t17-,18-,19+,20-,24-/m0/s1. The number of nitrogens with zero attached hydrogens (tertiary/aromatic N) is 3. The Bertz CT molecular complexity index is 1440. The molecule has 1 aromatic heterocycles. The monoisotopic (exact) mass is 605 g/mol. The van der Waals surface area contributed by atoms with Gasteiger partial charge in [-0.1, -0.05) is 29.3 Å². The first-order valence-corrected chi connectivity index (χ1v) is 12.1. The molecular weight excluding hydrogens is 586 g/mol. The maximum absolute atomic E-state index is 14.4. The fourth-order valence-corrected chi connectivity index (χ4v) is 4.28. The third-order valence-corrected chi connectivity index (χ3v) is 6.65. The minimum atomic E-state index is -3.21. The lowest BCUT2D eigenvalue weighted by Gasteiger charge is -2.40. The van der Waals surface area contributed by atoms with Crippen molar-refractivity contribution in [2.45, 2.75) is 37.1 Å². The molecule has 1 saturated heterocycles. The van der Waals surface area contributed by atoms with Gasteiger partial charge in [-0.3, -0.25) is 9.48 Å². The van der Waals surface area contributed by atoms with Crippen molar-refractivity contribution < 1.29 is 52.8 Å². The summed E-state index contributed by atoms with van der Waals surface area (Å²) in [7, 11) is 1.27. The Morgan fingerprint density at radius 2 is 1.77 bits per heavy atom. The van der Waals surface area contributed by atoms with Gasteiger partial charge < -0.3 is 25.2 Å². The third-order valence-electron chi connectivity index (χ3n) is 5.91. The number of hydrogen-bond donors (Lipinski definition) is 4. The molecule has 1 aliphatic rings. The molecule has 5 atom stereocenters. The minimum absolute atomic E-state index is 0.0489. The van der Waals surface area contributed by atoms with E-state index < -0.39 is 66.1 Å². The molecule has 4 rings (SSSR count). The zero-order valence-corrected chi connectivity index (χ0v) is 21.7. The van der Waals surface area contributed by atoms with Crippen molar-refractivity contribution >= 4 is 40.8 Å². The number of carboxylic acid groups (broad SMARTS) is 1. The maximum atomic E-state index is 14.4. The summed E-state index contributed by atoms with van der Waals surface area (Å²) < 4.78 is 48.0. The summed E-state index contributed by atoms with van der Waals surface area (Å²) in [6.45, 7) is 0. The van der Waals surface area contributed by atoms with E-state index in [1.165, 1.54) is 25.2 Å². The molecule has 1 amide bonds. The first-order chi connectivity index (χ1) is 18.8. The quantitative estimate of drug-likeness (QED) is 0.297. The van der Waals surface area contributed by atoms with Crippen LogP contribution in [0, 0.1) is 5.82 Å². The number of hydroxylamine groups is 1. The number of carboxylic acids is 1. The highest BCUT2D eigenvalue weighted by Crippen LogP contribution is 2.37. The number of carbonyl (C=O) groups is 2. The second-order valence-corrected chi connectivity index (χ2v) is 9.45. The van der Waals surface area contributed by atoms with Crippen molar-refractivity contribution in [1.82, 2.24) is 9.78 Å². The first-order valence-electron chi connectivity index (χ1n) is 11.3. The van der Waals surface area contributed by atoms with Crippen LogP contribution in [-0.4, -0.2) is 72.8 Å². The SMILES string of the molecule is Cn1cc(C(=O)N(O[C@@H]2O[C@H](C(=O)O)[C@@H](O)[C@H](O)[C@H]2O)c2ccc(F)cc2-c2ccc(Cl)c(Cl)c2)c(C(F)F)n1. The molecule has 0 radical (unpaired) electrons. The molecule has 0 saturated carbocycles. The van der Waals surface area contributed by atoms with E-state index in [1.54, 1.807) is 0 Å². The molecule has 16 heteroatoms. The van der Waals surface area contributed by atoms with Crippen LogP contribution in [-0.2, 0) is 21.4 Å². The van der Waals surface area contributed by atoms with Gasteiger partial charge in [0, 0.05) is 18.8 Å². The molecule has 0 bridgehead atoms. The number of benzene rings is 2. The van der Waals surface area contributed by atoms with E-state index in [4.69, 9.17) is 32.8 Å². The van der Waals surface area contributed by atoms with Gasteiger partial charge in [-0.25, -0.2) is 22.8 Å². The number of aliphatic carboxylic acids is 1. The van der Waals surface area contributed by atoms with Crippen LogP contribution in [0.2, 0.25) is 10.0 Å². The normalized spacial score (nSPS) is 22.9. The predicted octanol–water partition coefficient (Wildman–Crippen LogP) is 2.94. The highest BCUT2D eigenvalue weighted by molar-refractivity contribution is 6.42. The van der Waals surface area contributed by atoms with Gasteiger partial charge in [-0.2, -0.15) is 10.2 Å². The van der Waals surface area contributed by atoms with Crippen molar-refractivity contribution in [2.24, 2.45) is 7.05 Å². The van der Waals surface area contributed by atoms with Crippen LogP contribution < -0.4 is 5.06 Å². The summed E-state index contributed by atoms with van der Waals surface area (Å²) >= 11 is 12.1. The minimum Gasteiger partial charge on any atom is -0.479 e. The molecule has 1 aliphatic heterocycles. The van der Waals surface area contributed by atoms with E-state index in [0.29, 0.717) is 5.06 Å². The van der Waals surface area contributed by atoms with Crippen LogP contribution in [0.3, 0.4) is 0 Å². The Balaban J connectivity index is 1.88. The molecule has 2 aromatic carbocycles. The summed E-state index contributed by atoms with van der Waals surface area (Å²) in [6.07, 6.45) is -12.8. The molecule has 40 heavy (non-hydrogen) atoms. The lowest BCUT2D eigenvalue weighted by molar-refractivity contribution is -0.294. The fourth-order valence-electron chi connectivity index (χ4n) is 3.98. The number of halogens is 5. The highest BCUT2D eigenvalue weighted by Gasteiger charge is 2.49. The van der Waals surface area contributed by atoms with Gasteiger partial charge in [0.05, 0.1) is 21.3 Å². The number of amides is 1. The van der Waals surface area contributed by atoms with E-state index in [9.17, 15) is 43.2 Å². The number of aliphatic hydroxyl groups excluding tert-OH is 3. The number of ether oxygens (including phenoxy) is 1. The molecule has 0 spiro atoms. The zero-order valence-electron chi connectivity index (χ0n) is 20.2. The van der Waals surface area contributed by atoms with Gasteiger partial charge in [0.25, 0.3) is 12.3 Å². The Hall–Kier alpha value is -3.24. The molecular formula is C24H20Cl2F3N3O8. The van der Waals surface area contributed by atoms with Gasteiger partial charge >= 0.3 is 5.97 Å². The molecule has 0 aliphatic carbocycles. The number of aliphatic hydroxyl groups is 3. The van der Waals surface area contributed by atoms with Crippen LogP contribution in [0.15, 0.2) is 42.6 Å². The number of alkyl halides is 2. The number of carbonyl (C=O) groups excluding carboxylic acids is 1. The Morgan fingerprint density at radius 1 is 1.07 bits per heavy atom. The largest absolute Gasteiger partial charge is 0.479 e.